The summed E-state index contributed by atoms with van der Waals surface area (Å²) in [5.74, 6) is -0.240. The SMILES string of the molecule is Cc1cc(C)cc(NC(=O)COc2c(C)cc(C)cc2[N+](=O)[O-])c1. The predicted molar refractivity (Wildman–Crippen MR) is 92.6 cm³/mol. The molecule has 0 aliphatic rings. The van der Waals surface area contributed by atoms with Gasteiger partial charge in [0.05, 0.1) is 4.92 Å². The van der Waals surface area contributed by atoms with Gasteiger partial charge in [0, 0.05) is 11.8 Å². The number of rotatable bonds is 5. The zero-order chi connectivity index (χ0) is 17.9. The van der Waals surface area contributed by atoms with E-state index in [1.165, 1.54) is 6.07 Å². The zero-order valence-electron chi connectivity index (χ0n) is 14.2. The molecule has 24 heavy (non-hydrogen) atoms. The number of benzene rings is 2. The molecule has 0 atom stereocenters. The number of hydrogen-bond donors (Lipinski definition) is 1. The second kappa shape index (κ2) is 7.12. The van der Waals surface area contributed by atoms with Crippen molar-refractivity contribution in [1.82, 2.24) is 0 Å². The van der Waals surface area contributed by atoms with Crippen LogP contribution in [0.15, 0.2) is 30.3 Å². The normalized spacial score (nSPS) is 10.3. The molecular weight excluding hydrogens is 308 g/mol. The summed E-state index contributed by atoms with van der Waals surface area (Å²) >= 11 is 0. The first-order chi connectivity index (χ1) is 11.3. The molecule has 0 bridgehead atoms. The Morgan fingerprint density at radius 3 is 2.21 bits per heavy atom. The Labute approximate surface area is 140 Å². The minimum atomic E-state index is -0.503. The first-order valence-corrected chi connectivity index (χ1v) is 7.53. The lowest BCUT2D eigenvalue weighted by Crippen LogP contribution is -2.21. The molecule has 0 radical (unpaired) electrons. The van der Waals surface area contributed by atoms with Gasteiger partial charge in [0.1, 0.15) is 0 Å². The second-order valence-electron chi connectivity index (χ2n) is 5.90. The lowest BCUT2D eigenvalue weighted by molar-refractivity contribution is -0.385. The molecule has 0 fully saturated rings. The van der Waals surface area contributed by atoms with Gasteiger partial charge >= 0.3 is 5.69 Å². The molecule has 126 valence electrons. The van der Waals surface area contributed by atoms with Gasteiger partial charge in [-0.15, -0.1) is 0 Å². The van der Waals surface area contributed by atoms with E-state index in [1.54, 1.807) is 19.9 Å². The van der Waals surface area contributed by atoms with Gasteiger partial charge in [0.15, 0.2) is 6.61 Å². The third-order valence-corrected chi connectivity index (χ3v) is 3.45. The van der Waals surface area contributed by atoms with Crippen LogP contribution in [0.2, 0.25) is 0 Å². The van der Waals surface area contributed by atoms with Crippen LogP contribution in [-0.4, -0.2) is 17.4 Å². The summed E-state index contributed by atoms with van der Waals surface area (Å²) in [6.07, 6.45) is 0. The van der Waals surface area contributed by atoms with E-state index in [4.69, 9.17) is 4.74 Å². The number of hydrogen-bond acceptors (Lipinski definition) is 4. The number of ether oxygens (including phenoxy) is 1. The number of carbonyl (C=O) groups is 1. The lowest BCUT2D eigenvalue weighted by atomic mass is 10.1. The van der Waals surface area contributed by atoms with E-state index in [9.17, 15) is 14.9 Å². The second-order valence-corrected chi connectivity index (χ2v) is 5.90. The molecule has 0 saturated heterocycles. The summed E-state index contributed by atoms with van der Waals surface area (Å²) in [5, 5.41) is 13.9. The van der Waals surface area contributed by atoms with Gasteiger partial charge in [0.2, 0.25) is 5.75 Å². The number of carbonyl (C=O) groups excluding carboxylic acids is 1. The fraction of sp³-hybridized carbons (Fsp3) is 0.278. The van der Waals surface area contributed by atoms with Gasteiger partial charge in [-0.3, -0.25) is 14.9 Å². The standard InChI is InChI=1S/C18H20N2O4/c1-11-5-12(2)8-15(7-11)19-17(21)10-24-18-14(4)6-13(3)9-16(18)20(22)23/h5-9H,10H2,1-4H3,(H,19,21). The van der Waals surface area contributed by atoms with Crippen molar-refractivity contribution >= 4 is 17.3 Å². The maximum Gasteiger partial charge on any atom is 0.311 e. The molecule has 6 heteroatoms. The summed E-state index contributed by atoms with van der Waals surface area (Å²) in [4.78, 5) is 22.7. The van der Waals surface area contributed by atoms with Crippen LogP contribution in [0.4, 0.5) is 11.4 Å². The van der Waals surface area contributed by atoms with Crippen LogP contribution >= 0.6 is 0 Å². The van der Waals surface area contributed by atoms with E-state index in [2.05, 4.69) is 5.32 Å². The summed E-state index contributed by atoms with van der Waals surface area (Å²) < 4.78 is 5.43. The van der Waals surface area contributed by atoms with Crippen LogP contribution in [0.3, 0.4) is 0 Å². The maximum atomic E-state index is 12.1. The van der Waals surface area contributed by atoms with E-state index in [0.717, 1.165) is 16.7 Å². The van der Waals surface area contributed by atoms with Crippen LogP contribution in [-0.2, 0) is 4.79 Å². The molecule has 1 amide bonds. The van der Waals surface area contributed by atoms with Gasteiger partial charge in [0.25, 0.3) is 5.91 Å². The Morgan fingerprint density at radius 1 is 1.04 bits per heavy atom. The molecule has 0 aliphatic heterocycles. The van der Waals surface area contributed by atoms with Gasteiger partial charge in [-0.05, 0) is 62.1 Å². The van der Waals surface area contributed by atoms with Crippen LogP contribution < -0.4 is 10.1 Å². The third kappa shape index (κ3) is 4.32. The summed E-state index contributed by atoms with van der Waals surface area (Å²) in [7, 11) is 0. The molecule has 2 rings (SSSR count). The van der Waals surface area contributed by atoms with E-state index >= 15 is 0 Å². The van der Waals surface area contributed by atoms with Crippen molar-refractivity contribution in [3.05, 3.63) is 62.7 Å². The Bertz CT molecular complexity index is 780. The molecular formula is C18H20N2O4. The Hall–Kier alpha value is -2.89. The highest BCUT2D eigenvalue weighted by Crippen LogP contribution is 2.32. The van der Waals surface area contributed by atoms with Crippen molar-refractivity contribution in [3.63, 3.8) is 0 Å². The van der Waals surface area contributed by atoms with Gasteiger partial charge in [-0.25, -0.2) is 0 Å². The number of anilines is 1. The minimum Gasteiger partial charge on any atom is -0.477 e. The fourth-order valence-electron chi connectivity index (χ4n) is 2.64. The van der Waals surface area contributed by atoms with Gasteiger partial charge in [-0.1, -0.05) is 12.1 Å². The summed E-state index contributed by atoms with van der Waals surface area (Å²) in [5.41, 5.74) is 4.02. The average molecular weight is 328 g/mol. The molecule has 0 unspecified atom stereocenters. The molecule has 0 spiro atoms. The van der Waals surface area contributed by atoms with Crippen LogP contribution in [0.1, 0.15) is 22.3 Å². The van der Waals surface area contributed by atoms with Crippen molar-refractivity contribution in [3.8, 4) is 5.75 Å². The van der Waals surface area contributed by atoms with Crippen LogP contribution in [0, 0.1) is 37.8 Å². The predicted octanol–water partition coefficient (Wildman–Crippen LogP) is 3.85. The van der Waals surface area contributed by atoms with Crippen molar-refractivity contribution in [2.45, 2.75) is 27.7 Å². The maximum absolute atomic E-state index is 12.1. The molecule has 0 aliphatic carbocycles. The lowest BCUT2D eigenvalue weighted by Gasteiger charge is -2.11. The first kappa shape index (κ1) is 17.5. The van der Waals surface area contributed by atoms with Crippen molar-refractivity contribution in [2.75, 3.05) is 11.9 Å². The van der Waals surface area contributed by atoms with Crippen LogP contribution in [0.25, 0.3) is 0 Å². The number of aryl methyl sites for hydroxylation is 4. The van der Waals surface area contributed by atoms with Gasteiger partial charge < -0.3 is 10.1 Å². The molecule has 0 heterocycles. The zero-order valence-corrected chi connectivity index (χ0v) is 14.2. The molecule has 6 nitrogen and oxygen atoms in total. The van der Waals surface area contributed by atoms with Gasteiger partial charge in [-0.2, -0.15) is 0 Å². The minimum absolute atomic E-state index is 0.126. The van der Waals surface area contributed by atoms with E-state index in [-0.39, 0.29) is 24.0 Å². The van der Waals surface area contributed by atoms with Crippen molar-refractivity contribution in [1.29, 1.82) is 0 Å². The van der Waals surface area contributed by atoms with Crippen molar-refractivity contribution in [2.24, 2.45) is 0 Å². The Morgan fingerprint density at radius 2 is 1.62 bits per heavy atom. The Kier molecular flexibility index (Phi) is 5.18. The highest BCUT2D eigenvalue weighted by atomic mass is 16.6. The summed E-state index contributed by atoms with van der Waals surface area (Å²) in [6, 6.07) is 8.93. The van der Waals surface area contributed by atoms with E-state index in [0.29, 0.717) is 11.3 Å². The smallest absolute Gasteiger partial charge is 0.311 e. The van der Waals surface area contributed by atoms with Crippen molar-refractivity contribution < 1.29 is 14.5 Å². The number of nitro groups is 1. The Balaban J connectivity index is 2.10. The van der Waals surface area contributed by atoms with E-state index < -0.39 is 4.92 Å². The molecule has 0 saturated carbocycles. The highest BCUT2D eigenvalue weighted by Gasteiger charge is 2.19. The molecule has 0 aromatic heterocycles. The number of nitrogens with zero attached hydrogens (tertiary/aromatic N) is 1. The summed E-state index contributed by atoms with van der Waals surface area (Å²) in [6.45, 7) is 7.09. The quantitative estimate of drug-likeness (QED) is 0.668. The largest absolute Gasteiger partial charge is 0.477 e. The topological polar surface area (TPSA) is 81.5 Å². The van der Waals surface area contributed by atoms with Crippen LogP contribution in [0.5, 0.6) is 5.75 Å². The first-order valence-electron chi connectivity index (χ1n) is 7.53. The fourth-order valence-corrected chi connectivity index (χ4v) is 2.64. The third-order valence-electron chi connectivity index (χ3n) is 3.45. The van der Waals surface area contributed by atoms with E-state index in [1.807, 2.05) is 32.0 Å². The number of nitro benzene ring substituents is 1. The number of nitrogens with one attached hydrogen (secondary N) is 1. The molecule has 2 aromatic rings. The monoisotopic (exact) mass is 328 g/mol. The molecule has 2 aromatic carbocycles. The average Bonchev–Trinajstić information content (AvgIpc) is 2.44. The highest BCUT2D eigenvalue weighted by molar-refractivity contribution is 5.92. The number of amides is 1. The molecule has 1 N–H and O–H groups in total.